The molecule has 3 atom stereocenters. The average Bonchev–Trinajstić information content (AvgIpc) is 3.28. The molecule has 0 aliphatic carbocycles. The lowest BCUT2D eigenvalue weighted by molar-refractivity contribution is -0.161. The Morgan fingerprint density at radius 2 is 1.11 bits per heavy atom. The number of nitrogens with one attached hydrogen (secondary N) is 2. The predicted molar refractivity (Wildman–Crippen MR) is 245 cm³/mol. The SMILES string of the molecule is [2H][13C]([2H])([2H])[13C@]([2H])(NC(=O)OCc1ccccc1)[13C](=O)NCCOP(=O)(O)OCC(COC(=O)CCCCCCCCCCCCCCC)OC(=O)CCCCCCCCCCCCCCC. The zero-order valence-electron chi connectivity index (χ0n) is 42.3. The van der Waals surface area contributed by atoms with Crippen LogP contribution in [0.5, 0.6) is 0 Å². The number of phosphoric ester groups is 1. The minimum Gasteiger partial charge on any atom is -0.462 e. The molecule has 1 aromatic carbocycles. The topological polar surface area (TPSA) is 176 Å². The van der Waals surface area contributed by atoms with Crippen LogP contribution < -0.4 is 10.6 Å². The minimum atomic E-state index is -4.86. The van der Waals surface area contributed by atoms with Crippen LogP contribution in [0, 0.1) is 0 Å². The molecule has 0 bridgehead atoms. The van der Waals surface area contributed by atoms with Gasteiger partial charge in [-0.3, -0.25) is 23.4 Å². The molecular formula is C48H85N2O11P. The van der Waals surface area contributed by atoms with Crippen LogP contribution in [0.15, 0.2) is 30.3 Å². The largest absolute Gasteiger partial charge is 0.472 e. The van der Waals surface area contributed by atoms with Gasteiger partial charge in [-0.25, -0.2) is 9.36 Å². The Morgan fingerprint density at radius 3 is 1.60 bits per heavy atom. The Balaban J connectivity index is 2.59. The number of hydrogen-bond acceptors (Lipinski definition) is 10. The summed E-state index contributed by atoms with van der Waals surface area (Å²) in [5.74, 6) is -2.51. The van der Waals surface area contributed by atoms with Gasteiger partial charge in [-0.1, -0.05) is 198 Å². The van der Waals surface area contributed by atoms with Crippen LogP contribution in [0.25, 0.3) is 0 Å². The number of carbonyl (C=O) groups is 4. The number of unbranched alkanes of at least 4 members (excludes halogenated alkanes) is 24. The summed E-state index contributed by atoms with van der Waals surface area (Å²) >= 11 is 0. The second-order valence-corrected chi connectivity index (χ2v) is 17.6. The molecule has 0 saturated heterocycles. The predicted octanol–water partition coefficient (Wildman–Crippen LogP) is 12.0. The van der Waals surface area contributed by atoms with Crippen molar-refractivity contribution in [2.45, 2.75) is 219 Å². The average molecular weight is 904 g/mol. The van der Waals surface area contributed by atoms with E-state index in [1.54, 1.807) is 35.6 Å². The lowest BCUT2D eigenvalue weighted by atomic mass is 10.0. The van der Waals surface area contributed by atoms with Crippen molar-refractivity contribution in [3.63, 3.8) is 0 Å². The maximum atomic E-state index is 12.9. The first kappa shape index (κ1) is 50.0. The van der Waals surface area contributed by atoms with Gasteiger partial charge in [-0.2, -0.15) is 0 Å². The van der Waals surface area contributed by atoms with Crippen LogP contribution in [-0.2, 0) is 48.8 Å². The molecule has 2 unspecified atom stereocenters. The van der Waals surface area contributed by atoms with Crippen molar-refractivity contribution in [1.82, 2.24) is 10.6 Å². The third-order valence-corrected chi connectivity index (χ3v) is 11.4. The Kier molecular flexibility index (Phi) is 31.9. The van der Waals surface area contributed by atoms with E-state index >= 15 is 0 Å². The Bertz CT molecular complexity index is 1480. The highest BCUT2D eigenvalue weighted by atomic mass is 31.2. The highest BCUT2D eigenvalue weighted by molar-refractivity contribution is 7.47. The normalized spacial score (nSPS) is 14.8. The van der Waals surface area contributed by atoms with Crippen molar-refractivity contribution in [2.75, 3.05) is 26.4 Å². The maximum Gasteiger partial charge on any atom is 0.472 e. The van der Waals surface area contributed by atoms with Crippen molar-refractivity contribution >= 4 is 31.8 Å². The molecule has 62 heavy (non-hydrogen) atoms. The zero-order chi connectivity index (χ0) is 48.8. The van der Waals surface area contributed by atoms with Gasteiger partial charge in [-0.15, -0.1) is 0 Å². The number of carbonyl (C=O) groups excluding carboxylic acids is 4. The van der Waals surface area contributed by atoms with Gasteiger partial charge < -0.3 is 29.7 Å². The molecule has 0 aliphatic heterocycles. The van der Waals surface area contributed by atoms with Crippen LogP contribution in [-0.4, -0.2) is 67.3 Å². The summed E-state index contributed by atoms with van der Waals surface area (Å²) in [6, 6.07) is 5.30. The summed E-state index contributed by atoms with van der Waals surface area (Å²) in [4.78, 5) is 61.0. The monoisotopic (exact) mass is 904 g/mol. The van der Waals surface area contributed by atoms with Crippen molar-refractivity contribution in [3.05, 3.63) is 35.9 Å². The van der Waals surface area contributed by atoms with Gasteiger partial charge in [0.1, 0.15) is 19.2 Å². The molecule has 0 heterocycles. The van der Waals surface area contributed by atoms with E-state index in [1.807, 2.05) is 0 Å². The number of amides is 2. The van der Waals surface area contributed by atoms with Crippen LogP contribution >= 0.6 is 7.82 Å². The number of alkyl carbamates (subject to hydrolysis) is 1. The van der Waals surface area contributed by atoms with E-state index in [9.17, 15) is 28.6 Å². The summed E-state index contributed by atoms with van der Waals surface area (Å²) in [5, 5.41) is 3.89. The first-order valence-corrected chi connectivity index (χ1v) is 25.4. The molecule has 0 aliphatic rings. The maximum absolute atomic E-state index is 12.9. The number of esters is 2. The fraction of sp³-hybridized carbons (Fsp3) is 0.792. The van der Waals surface area contributed by atoms with Gasteiger partial charge in [0.2, 0.25) is 5.91 Å². The lowest BCUT2D eigenvalue weighted by Crippen LogP contribution is -2.45. The van der Waals surface area contributed by atoms with E-state index in [2.05, 4.69) is 19.2 Å². The number of ether oxygens (including phenoxy) is 3. The van der Waals surface area contributed by atoms with Gasteiger partial charge in [-0.05, 0) is 25.3 Å². The Hall–Kier alpha value is -2.99. The van der Waals surface area contributed by atoms with E-state index < -0.39 is 77.1 Å². The molecule has 0 radical (unpaired) electrons. The van der Waals surface area contributed by atoms with Gasteiger partial charge in [0.05, 0.1) is 14.6 Å². The van der Waals surface area contributed by atoms with Crippen LogP contribution in [0.3, 0.4) is 0 Å². The minimum absolute atomic E-state index is 0.113. The number of benzene rings is 1. The first-order valence-electron chi connectivity index (χ1n) is 25.9. The number of phosphoric acid groups is 1. The van der Waals surface area contributed by atoms with Crippen molar-refractivity contribution in [2.24, 2.45) is 0 Å². The Morgan fingerprint density at radius 1 is 0.645 bits per heavy atom. The van der Waals surface area contributed by atoms with Crippen molar-refractivity contribution in [3.8, 4) is 0 Å². The second kappa shape index (κ2) is 39.6. The molecule has 0 spiro atoms. The lowest BCUT2D eigenvalue weighted by Gasteiger charge is -2.20. The molecule has 3 N–H and O–H groups in total. The summed E-state index contributed by atoms with van der Waals surface area (Å²) in [5.41, 5.74) is 0.588. The third-order valence-electron chi connectivity index (χ3n) is 10.4. The molecule has 1 rings (SSSR count). The number of rotatable bonds is 42. The molecule has 0 aromatic heterocycles. The zero-order valence-corrected chi connectivity index (χ0v) is 39.2. The summed E-state index contributed by atoms with van der Waals surface area (Å²) in [7, 11) is -4.86. The van der Waals surface area contributed by atoms with Gasteiger partial charge in [0, 0.05) is 23.5 Å². The molecule has 14 heteroatoms. The van der Waals surface area contributed by atoms with Crippen LogP contribution in [0.1, 0.15) is 212 Å². The standard InChI is InChI=1S/C48H85N2O11P/c1-4-6-8-10-12-14-16-18-20-22-24-26-31-35-45(51)57-40-44(61-46(52)36-32-27-25-23-21-19-17-15-13-11-9-7-5-2)41-60-62(55,56)59-38-37-49-47(53)42(3)50-48(54)58-39-43-33-29-28-30-34-43/h28-30,33-34,42,44H,4-27,31-32,35-41H2,1-3H3,(H,49,53)(H,50,54)(H,55,56)/t42-,44?/m0/s1/i3+1D3,42+1D,47+1. The summed E-state index contributed by atoms with van der Waals surface area (Å²) < 4.78 is 70.1. The van der Waals surface area contributed by atoms with Gasteiger partial charge in [0.15, 0.2) is 6.10 Å². The smallest absolute Gasteiger partial charge is 0.462 e. The highest BCUT2D eigenvalue weighted by Crippen LogP contribution is 2.43. The van der Waals surface area contributed by atoms with E-state index in [0.29, 0.717) is 18.4 Å². The fourth-order valence-electron chi connectivity index (χ4n) is 6.74. The molecule has 1 aromatic rings. The second-order valence-electron chi connectivity index (χ2n) is 16.2. The first-order chi connectivity index (χ1) is 31.6. The van der Waals surface area contributed by atoms with Crippen molar-refractivity contribution in [1.29, 1.82) is 0 Å². The van der Waals surface area contributed by atoms with E-state index in [1.165, 1.54) is 109 Å². The molecule has 0 saturated carbocycles. The van der Waals surface area contributed by atoms with Gasteiger partial charge >= 0.3 is 25.9 Å². The molecule has 358 valence electrons. The summed E-state index contributed by atoms with van der Waals surface area (Å²) in [6.45, 7) is -1.42. The Labute approximate surface area is 380 Å². The highest BCUT2D eigenvalue weighted by Gasteiger charge is 2.26. The van der Waals surface area contributed by atoms with Gasteiger partial charge in [0.25, 0.3) is 0 Å². The van der Waals surface area contributed by atoms with E-state index in [0.717, 1.165) is 44.9 Å². The van der Waals surface area contributed by atoms with Crippen LogP contribution in [0.4, 0.5) is 4.79 Å². The third kappa shape index (κ3) is 35.5. The molecule has 2 amide bonds. The number of hydrogen-bond donors (Lipinski definition) is 3. The van der Waals surface area contributed by atoms with E-state index in [-0.39, 0.29) is 19.4 Å². The molecule has 13 nitrogen and oxygen atoms in total. The van der Waals surface area contributed by atoms with E-state index in [4.69, 9.17) is 28.7 Å². The fourth-order valence-corrected chi connectivity index (χ4v) is 7.49. The van der Waals surface area contributed by atoms with Crippen LogP contribution in [0.2, 0.25) is 0 Å². The quantitative estimate of drug-likeness (QED) is 0.0187. The summed E-state index contributed by atoms with van der Waals surface area (Å²) in [6.07, 6.45) is 27.9. The molecule has 0 fully saturated rings. The van der Waals surface area contributed by atoms with Crippen molar-refractivity contribution < 1.29 is 57.4 Å². The molecular weight excluding hydrogens is 814 g/mol.